The van der Waals surface area contributed by atoms with Crippen molar-refractivity contribution in [2.75, 3.05) is 0 Å². The number of carboxylic acids is 1. The van der Waals surface area contributed by atoms with Crippen LogP contribution in [0.5, 0.6) is 0 Å². The summed E-state index contributed by atoms with van der Waals surface area (Å²) < 4.78 is 0. The predicted octanol–water partition coefficient (Wildman–Crippen LogP) is 4.16. The molecule has 1 spiro atoms. The zero-order valence-corrected chi connectivity index (χ0v) is 14.5. The molecule has 2 bridgehead atoms. The second-order valence-corrected chi connectivity index (χ2v) is 9.62. The summed E-state index contributed by atoms with van der Waals surface area (Å²) in [5, 5.41) is 20.8. The van der Waals surface area contributed by atoms with Crippen molar-refractivity contribution in [2.24, 2.45) is 28.1 Å². The first-order chi connectivity index (χ1) is 10.7. The molecular weight excluding hydrogens is 288 g/mol. The van der Waals surface area contributed by atoms with Gasteiger partial charge in [-0.25, -0.2) is 0 Å². The van der Waals surface area contributed by atoms with E-state index in [4.69, 9.17) is 0 Å². The van der Waals surface area contributed by atoms with E-state index in [1.54, 1.807) is 0 Å². The van der Waals surface area contributed by atoms with E-state index in [-0.39, 0.29) is 16.7 Å². The first kappa shape index (κ1) is 15.7. The number of fused-ring (bicyclic) bond motifs is 3. The fourth-order valence-electron chi connectivity index (χ4n) is 7.61. The Morgan fingerprint density at radius 2 is 1.83 bits per heavy atom. The van der Waals surface area contributed by atoms with E-state index in [1.807, 2.05) is 6.92 Å². The molecule has 128 valence electrons. The van der Waals surface area contributed by atoms with Gasteiger partial charge in [-0.2, -0.15) is 0 Å². The highest BCUT2D eigenvalue weighted by atomic mass is 16.4. The topological polar surface area (TPSA) is 57.5 Å². The van der Waals surface area contributed by atoms with Crippen molar-refractivity contribution in [1.82, 2.24) is 0 Å². The largest absolute Gasteiger partial charge is 0.481 e. The van der Waals surface area contributed by atoms with Gasteiger partial charge in [0, 0.05) is 0 Å². The Balaban J connectivity index is 1.76. The molecule has 0 saturated heterocycles. The molecule has 3 nitrogen and oxygen atoms in total. The Bertz CT molecular complexity index is 583. The summed E-state index contributed by atoms with van der Waals surface area (Å²) in [6.45, 7) is 8.55. The van der Waals surface area contributed by atoms with Gasteiger partial charge in [-0.1, -0.05) is 19.9 Å². The minimum atomic E-state index is -0.634. The Kier molecular flexibility index (Phi) is 3.01. The zero-order chi connectivity index (χ0) is 16.7. The molecule has 6 atom stereocenters. The van der Waals surface area contributed by atoms with Gasteiger partial charge in [0.25, 0.3) is 0 Å². The number of aliphatic carboxylic acids is 1. The Labute approximate surface area is 139 Å². The van der Waals surface area contributed by atoms with Crippen LogP contribution in [0.15, 0.2) is 12.2 Å². The molecule has 2 unspecified atom stereocenters. The second kappa shape index (κ2) is 4.41. The predicted molar refractivity (Wildman–Crippen MR) is 88.9 cm³/mol. The van der Waals surface area contributed by atoms with Crippen LogP contribution in [-0.2, 0) is 4.79 Å². The summed E-state index contributed by atoms with van der Waals surface area (Å²) in [7, 11) is 0. The van der Waals surface area contributed by atoms with E-state index in [9.17, 15) is 15.0 Å². The third-order valence-electron chi connectivity index (χ3n) is 8.65. The van der Waals surface area contributed by atoms with E-state index in [2.05, 4.69) is 13.5 Å². The highest BCUT2D eigenvalue weighted by Crippen LogP contribution is 2.72. The summed E-state index contributed by atoms with van der Waals surface area (Å²) in [6, 6.07) is 0. The van der Waals surface area contributed by atoms with Crippen molar-refractivity contribution in [3.05, 3.63) is 12.2 Å². The Hall–Kier alpha value is -0.830. The average molecular weight is 318 g/mol. The van der Waals surface area contributed by atoms with Crippen molar-refractivity contribution in [2.45, 2.75) is 77.2 Å². The second-order valence-electron chi connectivity index (χ2n) is 9.62. The van der Waals surface area contributed by atoms with Crippen LogP contribution < -0.4 is 0 Å². The third kappa shape index (κ3) is 1.78. The van der Waals surface area contributed by atoms with Crippen LogP contribution in [0.25, 0.3) is 0 Å². The lowest BCUT2D eigenvalue weighted by Crippen LogP contribution is -2.59. The van der Waals surface area contributed by atoms with Crippen LogP contribution in [-0.4, -0.2) is 21.8 Å². The summed E-state index contributed by atoms with van der Waals surface area (Å²) in [6.07, 6.45) is 8.75. The lowest BCUT2D eigenvalue weighted by Gasteiger charge is -2.63. The smallest absolute Gasteiger partial charge is 0.309 e. The molecule has 23 heavy (non-hydrogen) atoms. The highest BCUT2D eigenvalue weighted by molar-refractivity contribution is 5.75. The van der Waals surface area contributed by atoms with Gasteiger partial charge in [0.1, 0.15) is 0 Å². The van der Waals surface area contributed by atoms with E-state index in [0.717, 1.165) is 63.4 Å². The molecule has 0 amide bonds. The maximum absolute atomic E-state index is 12.0. The van der Waals surface area contributed by atoms with Crippen molar-refractivity contribution in [3.63, 3.8) is 0 Å². The molecule has 4 saturated carbocycles. The van der Waals surface area contributed by atoms with Crippen LogP contribution in [0, 0.1) is 28.1 Å². The summed E-state index contributed by atoms with van der Waals surface area (Å²) >= 11 is 0. The van der Waals surface area contributed by atoms with Crippen LogP contribution in [0.2, 0.25) is 0 Å². The fourth-order valence-corrected chi connectivity index (χ4v) is 7.61. The van der Waals surface area contributed by atoms with Crippen molar-refractivity contribution in [3.8, 4) is 0 Å². The van der Waals surface area contributed by atoms with Gasteiger partial charge in [0.2, 0.25) is 0 Å². The maximum atomic E-state index is 12.0. The zero-order valence-electron chi connectivity index (χ0n) is 14.5. The molecule has 2 N–H and O–H groups in total. The number of carboxylic acid groups (broad SMARTS) is 1. The monoisotopic (exact) mass is 318 g/mol. The minimum absolute atomic E-state index is 0.107. The van der Waals surface area contributed by atoms with Gasteiger partial charge >= 0.3 is 5.97 Å². The van der Waals surface area contributed by atoms with Gasteiger partial charge in [-0.15, -0.1) is 0 Å². The van der Waals surface area contributed by atoms with E-state index >= 15 is 0 Å². The Morgan fingerprint density at radius 1 is 1.13 bits per heavy atom. The lowest BCUT2D eigenvalue weighted by molar-refractivity contribution is -0.186. The Morgan fingerprint density at radius 3 is 2.52 bits per heavy atom. The molecule has 0 aromatic carbocycles. The molecule has 0 radical (unpaired) electrons. The van der Waals surface area contributed by atoms with E-state index < -0.39 is 17.0 Å². The van der Waals surface area contributed by atoms with Crippen molar-refractivity contribution >= 4 is 5.97 Å². The molecule has 0 aromatic rings. The van der Waals surface area contributed by atoms with Crippen LogP contribution in [0.1, 0.15) is 71.6 Å². The number of aliphatic hydroxyl groups is 1. The third-order valence-corrected chi connectivity index (χ3v) is 8.65. The van der Waals surface area contributed by atoms with Crippen LogP contribution >= 0.6 is 0 Å². The standard InChI is InChI=1S/C20H30O3/c1-13-11-19-9-5-14-17(2,7-4-8-18(14,3)16(21)22)15(19)6-10-20(13,23)12-19/h14-15,23H,1,4-12H2,2-3H3,(H,21,22)/t14?,15-,17+,18+,19+,20?/m0/s1. The molecule has 0 heterocycles. The lowest BCUT2D eigenvalue weighted by atomic mass is 9.41. The summed E-state index contributed by atoms with van der Waals surface area (Å²) in [5.74, 6) is 0.219. The first-order valence-corrected chi connectivity index (χ1v) is 9.30. The van der Waals surface area contributed by atoms with Gasteiger partial charge < -0.3 is 10.2 Å². The van der Waals surface area contributed by atoms with E-state index in [0.29, 0.717) is 5.92 Å². The SMILES string of the molecule is C=C1C[C@@]23CCC4[C@](C)(C(=O)O)CCC[C@@]4(C)[C@@H]2CCC1(O)C3. The van der Waals surface area contributed by atoms with Crippen LogP contribution in [0.3, 0.4) is 0 Å². The van der Waals surface area contributed by atoms with Gasteiger partial charge in [-0.05, 0) is 86.5 Å². The molecule has 0 aliphatic heterocycles. The molecule has 4 aliphatic carbocycles. The van der Waals surface area contributed by atoms with Gasteiger partial charge in [0.15, 0.2) is 0 Å². The normalized spacial score (nSPS) is 55.2. The summed E-state index contributed by atoms with van der Waals surface area (Å²) in [4.78, 5) is 12.0. The molecule has 4 aliphatic rings. The average Bonchev–Trinajstić information content (AvgIpc) is 2.63. The van der Waals surface area contributed by atoms with Crippen molar-refractivity contribution < 1.29 is 15.0 Å². The van der Waals surface area contributed by atoms with Crippen molar-refractivity contribution in [1.29, 1.82) is 0 Å². The van der Waals surface area contributed by atoms with E-state index in [1.165, 1.54) is 0 Å². The summed E-state index contributed by atoms with van der Waals surface area (Å²) in [5.41, 5.74) is 0.128. The van der Waals surface area contributed by atoms with Gasteiger partial charge in [0.05, 0.1) is 11.0 Å². The first-order valence-electron chi connectivity index (χ1n) is 9.30. The molecule has 4 rings (SSSR count). The number of hydrogen-bond donors (Lipinski definition) is 2. The highest BCUT2D eigenvalue weighted by Gasteiger charge is 2.67. The number of carbonyl (C=O) groups is 1. The number of hydrogen-bond acceptors (Lipinski definition) is 2. The van der Waals surface area contributed by atoms with Gasteiger partial charge in [-0.3, -0.25) is 4.79 Å². The molecule has 3 heteroatoms. The molecular formula is C20H30O3. The quantitative estimate of drug-likeness (QED) is 0.714. The minimum Gasteiger partial charge on any atom is -0.481 e. The fraction of sp³-hybridized carbons (Fsp3) is 0.850. The molecule has 4 fully saturated rings. The maximum Gasteiger partial charge on any atom is 0.309 e. The molecule has 0 aromatic heterocycles. The van der Waals surface area contributed by atoms with Crippen LogP contribution in [0.4, 0.5) is 0 Å². The number of rotatable bonds is 1.